The van der Waals surface area contributed by atoms with Crippen molar-refractivity contribution in [3.05, 3.63) is 53.1 Å². The normalized spacial score (nSPS) is 24.6. The van der Waals surface area contributed by atoms with E-state index in [-0.39, 0.29) is 23.4 Å². The average Bonchev–Trinajstić information content (AvgIpc) is 2.90. The van der Waals surface area contributed by atoms with Crippen molar-refractivity contribution in [2.75, 3.05) is 6.61 Å². The summed E-state index contributed by atoms with van der Waals surface area (Å²) in [4.78, 5) is 0. The molecule has 0 aliphatic carbocycles. The van der Waals surface area contributed by atoms with Crippen molar-refractivity contribution in [3.63, 3.8) is 0 Å². The second kappa shape index (κ2) is 4.47. The summed E-state index contributed by atoms with van der Waals surface area (Å²) < 4.78 is 18.2. The largest absolute Gasteiger partial charge is 0.508 e. The number of hydrogen-bond donors (Lipinski definition) is 1. The summed E-state index contributed by atoms with van der Waals surface area (Å²) in [6.07, 6.45) is 4.07. The standard InChI is InChI=1S/C20H18O4/c1-20(2)6-5-11-7-14-17(9-16(11)24-20)22-10-15-13-4-3-12(21)8-18(13)23-19(14)15/h3-9,15,19,21H,10H2,1-2H3. The van der Waals surface area contributed by atoms with E-state index in [2.05, 4.69) is 18.2 Å². The molecule has 2 aromatic carbocycles. The molecular formula is C20H18O4. The van der Waals surface area contributed by atoms with Crippen molar-refractivity contribution in [2.24, 2.45) is 0 Å². The lowest BCUT2D eigenvalue weighted by molar-refractivity contribution is 0.135. The van der Waals surface area contributed by atoms with Crippen LogP contribution in [0.4, 0.5) is 0 Å². The highest BCUT2D eigenvalue weighted by Gasteiger charge is 2.41. The van der Waals surface area contributed by atoms with Gasteiger partial charge in [-0.25, -0.2) is 0 Å². The van der Waals surface area contributed by atoms with Crippen LogP contribution in [0.3, 0.4) is 0 Å². The molecule has 0 bridgehead atoms. The molecule has 3 aliphatic rings. The Balaban J connectivity index is 1.59. The summed E-state index contributed by atoms with van der Waals surface area (Å²) in [5, 5.41) is 9.70. The minimum absolute atomic E-state index is 0.0841. The van der Waals surface area contributed by atoms with E-state index in [0.717, 1.165) is 33.9 Å². The van der Waals surface area contributed by atoms with E-state index in [4.69, 9.17) is 14.2 Å². The van der Waals surface area contributed by atoms with E-state index >= 15 is 0 Å². The number of benzene rings is 2. The van der Waals surface area contributed by atoms with E-state index in [9.17, 15) is 5.11 Å². The van der Waals surface area contributed by atoms with Crippen molar-refractivity contribution in [1.29, 1.82) is 0 Å². The van der Waals surface area contributed by atoms with E-state index in [1.54, 1.807) is 12.1 Å². The van der Waals surface area contributed by atoms with Crippen LogP contribution in [0, 0.1) is 0 Å². The molecule has 4 nitrogen and oxygen atoms in total. The van der Waals surface area contributed by atoms with Crippen molar-refractivity contribution in [2.45, 2.75) is 31.5 Å². The summed E-state index contributed by atoms with van der Waals surface area (Å²) in [5.74, 6) is 2.77. The van der Waals surface area contributed by atoms with Crippen LogP contribution in [0.5, 0.6) is 23.0 Å². The molecular weight excluding hydrogens is 304 g/mol. The quantitative estimate of drug-likeness (QED) is 0.790. The Morgan fingerprint density at radius 2 is 1.92 bits per heavy atom. The topological polar surface area (TPSA) is 47.9 Å². The first-order valence-corrected chi connectivity index (χ1v) is 8.19. The van der Waals surface area contributed by atoms with E-state index < -0.39 is 0 Å². The summed E-state index contributed by atoms with van der Waals surface area (Å²) in [6.45, 7) is 4.63. The molecule has 122 valence electrons. The molecule has 2 unspecified atom stereocenters. The molecule has 0 fully saturated rings. The maximum absolute atomic E-state index is 9.70. The Morgan fingerprint density at radius 3 is 2.79 bits per heavy atom. The fourth-order valence-electron chi connectivity index (χ4n) is 3.72. The molecule has 0 saturated carbocycles. The Hall–Kier alpha value is -2.62. The van der Waals surface area contributed by atoms with Gasteiger partial charge in [-0.3, -0.25) is 0 Å². The summed E-state index contributed by atoms with van der Waals surface area (Å²) in [7, 11) is 0. The lowest BCUT2D eigenvalue weighted by Gasteiger charge is -2.32. The minimum Gasteiger partial charge on any atom is -0.508 e. The average molecular weight is 322 g/mol. The zero-order valence-electron chi connectivity index (χ0n) is 13.6. The fourth-order valence-corrected chi connectivity index (χ4v) is 3.72. The van der Waals surface area contributed by atoms with Gasteiger partial charge in [-0.1, -0.05) is 12.1 Å². The fraction of sp³-hybridized carbons (Fsp3) is 0.300. The molecule has 1 N–H and O–H groups in total. The van der Waals surface area contributed by atoms with Crippen molar-refractivity contribution in [3.8, 4) is 23.0 Å². The van der Waals surface area contributed by atoms with Crippen LogP contribution >= 0.6 is 0 Å². The molecule has 2 aromatic rings. The van der Waals surface area contributed by atoms with Crippen molar-refractivity contribution in [1.82, 2.24) is 0 Å². The van der Waals surface area contributed by atoms with Gasteiger partial charge in [0.25, 0.3) is 0 Å². The van der Waals surface area contributed by atoms with Gasteiger partial charge in [0.15, 0.2) is 0 Å². The molecule has 0 aromatic heterocycles. The summed E-state index contributed by atoms with van der Waals surface area (Å²) >= 11 is 0. The highest BCUT2D eigenvalue weighted by molar-refractivity contribution is 5.66. The Labute approximate surface area is 140 Å². The number of phenolic OH excluding ortho intramolecular Hbond substituents is 1. The van der Waals surface area contributed by atoms with Gasteiger partial charge in [0, 0.05) is 28.8 Å². The third kappa shape index (κ3) is 1.92. The lowest BCUT2D eigenvalue weighted by atomic mass is 9.88. The van der Waals surface area contributed by atoms with E-state index in [0.29, 0.717) is 6.61 Å². The number of hydrogen-bond acceptors (Lipinski definition) is 4. The van der Waals surface area contributed by atoms with Gasteiger partial charge < -0.3 is 19.3 Å². The molecule has 0 radical (unpaired) electrons. The van der Waals surface area contributed by atoms with Gasteiger partial charge in [0.1, 0.15) is 34.7 Å². The van der Waals surface area contributed by atoms with Gasteiger partial charge in [0.2, 0.25) is 0 Å². The minimum atomic E-state index is -0.309. The van der Waals surface area contributed by atoms with Gasteiger partial charge in [-0.05, 0) is 32.1 Å². The van der Waals surface area contributed by atoms with Crippen LogP contribution in [0.15, 0.2) is 36.4 Å². The number of ether oxygens (including phenoxy) is 3. The van der Waals surface area contributed by atoms with Crippen LogP contribution in [-0.4, -0.2) is 17.3 Å². The van der Waals surface area contributed by atoms with E-state index in [1.165, 1.54) is 0 Å². The predicted molar refractivity (Wildman–Crippen MR) is 89.9 cm³/mol. The maximum atomic E-state index is 9.70. The molecule has 0 saturated heterocycles. The number of phenols is 1. The summed E-state index contributed by atoms with van der Waals surface area (Å²) in [6, 6.07) is 9.37. The molecule has 0 amide bonds. The molecule has 24 heavy (non-hydrogen) atoms. The molecule has 0 spiro atoms. The smallest absolute Gasteiger partial charge is 0.138 e. The van der Waals surface area contributed by atoms with Gasteiger partial charge in [0.05, 0.1) is 12.5 Å². The number of fused-ring (bicyclic) bond motifs is 6. The zero-order valence-corrected chi connectivity index (χ0v) is 13.6. The second-order valence-corrected chi connectivity index (χ2v) is 7.14. The van der Waals surface area contributed by atoms with Crippen LogP contribution in [0.25, 0.3) is 6.08 Å². The molecule has 3 heterocycles. The second-order valence-electron chi connectivity index (χ2n) is 7.14. The molecule has 5 rings (SSSR count). The Morgan fingerprint density at radius 1 is 1.04 bits per heavy atom. The van der Waals surface area contributed by atoms with Crippen LogP contribution in [-0.2, 0) is 0 Å². The lowest BCUT2D eigenvalue weighted by Crippen LogP contribution is -2.28. The van der Waals surface area contributed by atoms with Crippen LogP contribution < -0.4 is 14.2 Å². The maximum Gasteiger partial charge on any atom is 0.138 e. The highest BCUT2D eigenvalue weighted by Crippen LogP contribution is 2.53. The van der Waals surface area contributed by atoms with Crippen molar-refractivity contribution >= 4 is 6.08 Å². The van der Waals surface area contributed by atoms with Gasteiger partial charge in [-0.15, -0.1) is 0 Å². The number of aromatic hydroxyl groups is 1. The van der Waals surface area contributed by atoms with Gasteiger partial charge >= 0.3 is 0 Å². The van der Waals surface area contributed by atoms with Crippen LogP contribution in [0.1, 0.15) is 42.6 Å². The monoisotopic (exact) mass is 322 g/mol. The third-order valence-corrected chi connectivity index (χ3v) is 4.92. The van der Waals surface area contributed by atoms with Crippen LogP contribution in [0.2, 0.25) is 0 Å². The SMILES string of the molecule is CC1(C)C=Cc2cc3c(cc2O1)OCC1c2ccc(O)cc2OC31. The third-order valence-electron chi connectivity index (χ3n) is 4.92. The number of rotatable bonds is 0. The highest BCUT2D eigenvalue weighted by atomic mass is 16.5. The molecule has 2 atom stereocenters. The molecule has 3 aliphatic heterocycles. The Bertz CT molecular complexity index is 881. The first kappa shape index (κ1) is 13.8. The van der Waals surface area contributed by atoms with Crippen molar-refractivity contribution < 1.29 is 19.3 Å². The first-order chi connectivity index (χ1) is 11.5. The van der Waals surface area contributed by atoms with E-state index in [1.807, 2.05) is 26.0 Å². The Kier molecular flexibility index (Phi) is 2.57. The van der Waals surface area contributed by atoms with Gasteiger partial charge in [-0.2, -0.15) is 0 Å². The first-order valence-electron chi connectivity index (χ1n) is 8.19. The summed E-state index contributed by atoms with van der Waals surface area (Å²) in [5.41, 5.74) is 2.86. The molecule has 4 heteroatoms. The predicted octanol–water partition coefficient (Wildman–Crippen LogP) is 4.19. The zero-order chi connectivity index (χ0) is 16.5.